The number of hydrogen-bond donors (Lipinski definition) is 1. The molecule has 1 heterocycles. The van der Waals surface area contributed by atoms with Crippen molar-refractivity contribution in [1.82, 2.24) is 4.90 Å². The lowest BCUT2D eigenvalue weighted by molar-refractivity contribution is 0.196. The van der Waals surface area contributed by atoms with Gasteiger partial charge >= 0.3 is 0 Å². The van der Waals surface area contributed by atoms with Crippen molar-refractivity contribution in [3.05, 3.63) is 34.3 Å². The van der Waals surface area contributed by atoms with Crippen molar-refractivity contribution in [2.24, 2.45) is 11.7 Å². The van der Waals surface area contributed by atoms with E-state index in [1.54, 1.807) is 0 Å². The predicted molar refractivity (Wildman–Crippen MR) is 78.0 cm³/mol. The van der Waals surface area contributed by atoms with Gasteiger partial charge in [0.05, 0.1) is 0 Å². The molecule has 2 nitrogen and oxygen atoms in total. The number of benzene rings is 1. The first-order valence-corrected chi connectivity index (χ1v) is 7.17. The molecule has 2 N–H and O–H groups in total. The SMILES string of the molecule is Cc1ccc(C2C(CN)CCCCN2C)cc1Cl. The van der Waals surface area contributed by atoms with Crippen LogP contribution < -0.4 is 5.73 Å². The number of halogens is 1. The number of nitrogens with zero attached hydrogens (tertiary/aromatic N) is 1. The van der Waals surface area contributed by atoms with Crippen LogP contribution in [0.1, 0.15) is 36.4 Å². The molecule has 0 bridgehead atoms. The van der Waals surface area contributed by atoms with Gasteiger partial charge in [-0.15, -0.1) is 0 Å². The van der Waals surface area contributed by atoms with Gasteiger partial charge in [-0.25, -0.2) is 0 Å². The van der Waals surface area contributed by atoms with Crippen LogP contribution in [0.5, 0.6) is 0 Å². The Morgan fingerprint density at radius 1 is 1.39 bits per heavy atom. The second-order valence-corrected chi connectivity index (χ2v) is 5.83. The summed E-state index contributed by atoms with van der Waals surface area (Å²) in [6.07, 6.45) is 3.77. The Morgan fingerprint density at radius 2 is 2.17 bits per heavy atom. The van der Waals surface area contributed by atoms with Gasteiger partial charge < -0.3 is 5.73 Å². The Morgan fingerprint density at radius 3 is 2.83 bits per heavy atom. The Bertz CT molecular complexity index is 405. The molecule has 0 spiro atoms. The third kappa shape index (κ3) is 2.87. The van der Waals surface area contributed by atoms with E-state index >= 15 is 0 Å². The number of likely N-dealkylation sites (tertiary alicyclic amines) is 1. The molecule has 0 amide bonds. The summed E-state index contributed by atoms with van der Waals surface area (Å²) in [7, 11) is 2.20. The molecule has 0 aliphatic carbocycles. The standard InChI is InChI=1S/C15H23ClN2/c1-11-6-7-12(9-14(11)16)15-13(10-17)5-3-4-8-18(15)2/h6-7,9,13,15H,3-5,8,10,17H2,1-2H3. The summed E-state index contributed by atoms with van der Waals surface area (Å²) in [6, 6.07) is 6.85. The molecule has 1 aliphatic rings. The molecule has 0 aromatic heterocycles. The van der Waals surface area contributed by atoms with E-state index in [-0.39, 0.29) is 0 Å². The Hall–Kier alpha value is -0.570. The van der Waals surface area contributed by atoms with Gasteiger partial charge in [0.15, 0.2) is 0 Å². The van der Waals surface area contributed by atoms with Crippen LogP contribution in [0.4, 0.5) is 0 Å². The molecule has 0 saturated carbocycles. The van der Waals surface area contributed by atoms with Crippen molar-refractivity contribution in [3.63, 3.8) is 0 Å². The topological polar surface area (TPSA) is 29.3 Å². The van der Waals surface area contributed by atoms with E-state index in [0.717, 1.165) is 23.7 Å². The van der Waals surface area contributed by atoms with Gasteiger partial charge in [-0.1, -0.05) is 30.2 Å². The molecule has 2 atom stereocenters. The van der Waals surface area contributed by atoms with Crippen LogP contribution in [0.2, 0.25) is 5.02 Å². The monoisotopic (exact) mass is 266 g/mol. The van der Waals surface area contributed by atoms with E-state index < -0.39 is 0 Å². The zero-order valence-electron chi connectivity index (χ0n) is 11.3. The van der Waals surface area contributed by atoms with Crippen molar-refractivity contribution in [1.29, 1.82) is 0 Å². The van der Waals surface area contributed by atoms with E-state index in [1.165, 1.54) is 24.8 Å². The molecular weight excluding hydrogens is 244 g/mol. The summed E-state index contributed by atoms with van der Waals surface area (Å²) < 4.78 is 0. The van der Waals surface area contributed by atoms with Crippen LogP contribution >= 0.6 is 11.6 Å². The second kappa shape index (κ2) is 6.05. The highest BCUT2D eigenvalue weighted by atomic mass is 35.5. The van der Waals surface area contributed by atoms with Crippen molar-refractivity contribution in [2.45, 2.75) is 32.2 Å². The molecule has 1 saturated heterocycles. The first-order chi connectivity index (χ1) is 8.63. The van der Waals surface area contributed by atoms with E-state index in [1.807, 2.05) is 6.92 Å². The molecule has 18 heavy (non-hydrogen) atoms. The quantitative estimate of drug-likeness (QED) is 0.889. The Kier molecular flexibility index (Phi) is 4.66. The molecular formula is C15H23ClN2. The fourth-order valence-corrected chi connectivity index (χ4v) is 3.18. The van der Waals surface area contributed by atoms with Gasteiger partial charge in [0.25, 0.3) is 0 Å². The Balaban J connectivity index is 2.33. The van der Waals surface area contributed by atoms with E-state index in [4.69, 9.17) is 17.3 Å². The highest BCUT2D eigenvalue weighted by molar-refractivity contribution is 6.31. The second-order valence-electron chi connectivity index (χ2n) is 5.43. The number of aryl methyl sites for hydroxylation is 1. The lowest BCUT2D eigenvalue weighted by Crippen LogP contribution is -2.33. The molecule has 1 aromatic rings. The van der Waals surface area contributed by atoms with Gasteiger partial charge in [0.1, 0.15) is 0 Å². The molecule has 1 fully saturated rings. The maximum Gasteiger partial charge on any atom is 0.0438 e. The maximum atomic E-state index is 6.26. The van der Waals surface area contributed by atoms with Crippen LogP contribution in [0.15, 0.2) is 18.2 Å². The van der Waals surface area contributed by atoms with Crippen molar-refractivity contribution in [2.75, 3.05) is 20.1 Å². The van der Waals surface area contributed by atoms with Crippen molar-refractivity contribution in [3.8, 4) is 0 Å². The van der Waals surface area contributed by atoms with Crippen molar-refractivity contribution < 1.29 is 0 Å². The summed E-state index contributed by atoms with van der Waals surface area (Å²) in [6.45, 7) is 3.94. The summed E-state index contributed by atoms with van der Waals surface area (Å²) in [5.74, 6) is 0.538. The molecule has 2 rings (SSSR count). The minimum atomic E-state index is 0.413. The van der Waals surface area contributed by atoms with Crippen molar-refractivity contribution >= 4 is 11.6 Å². The lowest BCUT2D eigenvalue weighted by atomic mass is 9.89. The third-order valence-electron chi connectivity index (χ3n) is 4.10. The first kappa shape index (κ1) is 13.9. The number of hydrogen-bond acceptors (Lipinski definition) is 2. The number of nitrogens with two attached hydrogens (primary N) is 1. The zero-order chi connectivity index (χ0) is 13.1. The van der Waals surface area contributed by atoms with Crippen LogP contribution in [0.25, 0.3) is 0 Å². The van der Waals surface area contributed by atoms with Gasteiger partial charge in [0.2, 0.25) is 0 Å². The zero-order valence-corrected chi connectivity index (χ0v) is 12.1. The molecule has 0 radical (unpaired) electrons. The molecule has 2 unspecified atom stereocenters. The highest BCUT2D eigenvalue weighted by Gasteiger charge is 2.28. The average Bonchev–Trinajstić information content (AvgIpc) is 2.54. The summed E-state index contributed by atoms with van der Waals surface area (Å²) in [5.41, 5.74) is 8.42. The molecule has 3 heteroatoms. The third-order valence-corrected chi connectivity index (χ3v) is 4.50. The summed E-state index contributed by atoms with van der Waals surface area (Å²) in [4.78, 5) is 2.44. The lowest BCUT2D eigenvalue weighted by Gasteiger charge is -2.32. The predicted octanol–water partition coefficient (Wildman–Crippen LogP) is 3.38. The van der Waals surface area contributed by atoms with Gasteiger partial charge in [-0.3, -0.25) is 4.90 Å². The van der Waals surface area contributed by atoms with E-state index in [2.05, 4.69) is 30.1 Å². The minimum absolute atomic E-state index is 0.413. The fourth-order valence-electron chi connectivity index (χ4n) is 2.99. The van der Waals surface area contributed by atoms with Gasteiger partial charge in [0, 0.05) is 11.1 Å². The molecule has 100 valence electrons. The van der Waals surface area contributed by atoms with Crippen LogP contribution in [-0.4, -0.2) is 25.0 Å². The normalized spacial score (nSPS) is 26.0. The first-order valence-electron chi connectivity index (χ1n) is 6.80. The van der Waals surface area contributed by atoms with Crippen LogP contribution in [0.3, 0.4) is 0 Å². The number of rotatable bonds is 2. The fraction of sp³-hybridized carbons (Fsp3) is 0.600. The highest BCUT2D eigenvalue weighted by Crippen LogP contribution is 2.35. The Labute approximate surface area is 115 Å². The van der Waals surface area contributed by atoms with E-state index in [9.17, 15) is 0 Å². The van der Waals surface area contributed by atoms with E-state index in [0.29, 0.717) is 12.0 Å². The maximum absolute atomic E-state index is 6.26. The van der Waals surface area contributed by atoms with Gasteiger partial charge in [-0.05, 0) is 63.0 Å². The van der Waals surface area contributed by atoms with Crippen LogP contribution in [0, 0.1) is 12.8 Å². The minimum Gasteiger partial charge on any atom is -0.330 e. The summed E-state index contributed by atoms with van der Waals surface area (Å²) in [5, 5.41) is 0.862. The smallest absolute Gasteiger partial charge is 0.0438 e. The average molecular weight is 267 g/mol. The molecule has 1 aromatic carbocycles. The van der Waals surface area contributed by atoms with Crippen LogP contribution in [-0.2, 0) is 0 Å². The largest absolute Gasteiger partial charge is 0.330 e. The summed E-state index contributed by atoms with van der Waals surface area (Å²) >= 11 is 6.26. The molecule has 1 aliphatic heterocycles. The van der Waals surface area contributed by atoms with Gasteiger partial charge in [-0.2, -0.15) is 0 Å².